The van der Waals surface area contributed by atoms with E-state index in [0.29, 0.717) is 39.6 Å². The number of ether oxygens (including phenoxy) is 3. The van der Waals surface area contributed by atoms with Gasteiger partial charge in [-0.2, -0.15) is 0 Å². The monoisotopic (exact) mass is 230 g/mol. The van der Waals surface area contributed by atoms with Crippen molar-refractivity contribution >= 4 is 0 Å². The third-order valence-corrected chi connectivity index (χ3v) is 1.36. The minimum atomic E-state index is 0.0164. The summed E-state index contributed by atoms with van der Waals surface area (Å²) < 4.78 is 15.1. The molecular formula is C7H14N6O3. The summed E-state index contributed by atoms with van der Waals surface area (Å²) in [7, 11) is 0. The summed E-state index contributed by atoms with van der Waals surface area (Å²) in [6.45, 7) is 2.41. The lowest BCUT2D eigenvalue weighted by Crippen LogP contribution is -2.10. The molecule has 16 heavy (non-hydrogen) atoms. The molecule has 9 nitrogen and oxygen atoms in total. The van der Waals surface area contributed by atoms with Gasteiger partial charge in [-0.05, 0) is 11.1 Å². The first-order valence-electron chi connectivity index (χ1n) is 4.66. The van der Waals surface area contributed by atoms with Crippen molar-refractivity contribution in [2.75, 3.05) is 46.3 Å². The summed E-state index contributed by atoms with van der Waals surface area (Å²) in [5.41, 5.74) is 15.9. The third-order valence-electron chi connectivity index (χ3n) is 1.36. The molecule has 0 aliphatic rings. The van der Waals surface area contributed by atoms with E-state index in [9.17, 15) is 0 Å². The third kappa shape index (κ3) is 12.5. The number of rotatable bonds is 11. The molecule has 0 N–H and O–H groups in total. The highest BCUT2D eigenvalue weighted by Crippen LogP contribution is 1.82. The second kappa shape index (κ2) is 13.5. The largest absolute Gasteiger partial charge is 0.379 e. The molecule has 0 amide bonds. The molecule has 0 aromatic heterocycles. The highest BCUT2D eigenvalue weighted by Gasteiger charge is 1.90. The normalized spacial score (nSPS) is 9.25. The van der Waals surface area contributed by atoms with E-state index in [4.69, 9.17) is 25.3 Å². The van der Waals surface area contributed by atoms with Gasteiger partial charge >= 0.3 is 0 Å². The Hall–Kier alpha value is -1.50. The second-order valence-corrected chi connectivity index (χ2v) is 2.45. The zero-order valence-electron chi connectivity index (χ0n) is 8.86. The van der Waals surface area contributed by atoms with Crippen LogP contribution in [0.25, 0.3) is 20.9 Å². The number of hydrogen-bond donors (Lipinski definition) is 0. The molecule has 0 fully saturated rings. The first-order chi connectivity index (χ1) is 7.91. The molecule has 0 spiro atoms. The molecule has 0 aliphatic heterocycles. The van der Waals surface area contributed by atoms with Crippen LogP contribution in [0.3, 0.4) is 0 Å². The SMILES string of the molecule is [N-]=[N+]=NCCOCCOCCOCN=[N+]=[N-]. The molecule has 0 aromatic rings. The van der Waals surface area contributed by atoms with E-state index in [-0.39, 0.29) is 6.73 Å². The standard InChI is InChI=1S/C7H14N6O3/c8-12-10-1-2-14-3-4-15-5-6-16-7-11-13-9/h1-7H2. The number of nitrogens with zero attached hydrogens (tertiary/aromatic N) is 6. The Labute approximate surface area is 92.5 Å². The van der Waals surface area contributed by atoms with E-state index in [1.807, 2.05) is 0 Å². The maximum absolute atomic E-state index is 7.96. The highest BCUT2D eigenvalue weighted by atomic mass is 16.5. The van der Waals surface area contributed by atoms with Gasteiger partial charge in [-0.25, -0.2) is 0 Å². The van der Waals surface area contributed by atoms with Crippen LogP contribution >= 0.6 is 0 Å². The first kappa shape index (κ1) is 14.5. The van der Waals surface area contributed by atoms with Gasteiger partial charge in [0.25, 0.3) is 0 Å². The predicted octanol–water partition coefficient (Wildman–Crippen LogP) is 1.61. The van der Waals surface area contributed by atoms with Crippen LogP contribution in [0.15, 0.2) is 10.2 Å². The van der Waals surface area contributed by atoms with Gasteiger partial charge in [-0.15, -0.1) is 0 Å². The molecule has 0 atom stereocenters. The first-order valence-corrected chi connectivity index (χ1v) is 4.66. The molecule has 0 unspecified atom stereocenters. The van der Waals surface area contributed by atoms with Crippen molar-refractivity contribution in [2.24, 2.45) is 10.2 Å². The van der Waals surface area contributed by atoms with Gasteiger partial charge in [-0.3, -0.25) is 0 Å². The van der Waals surface area contributed by atoms with Crippen LogP contribution in [-0.2, 0) is 14.2 Å². The quantitative estimate of drug-likeness (QED) is 0.231. The zero-order valence-corrected chi connectivity index (χ0v) is 8.86. The molecule has 90 valence electrons. The maximum Gasteiger partial charge on any atom is 0.126 e. The van der Waals surface area contributed by atoms with Gasteiger partial charge in [0.05, 0.1) is 33.0 Å². The van der Waals surface area contributed by atoms with Crippen LogP contribution in [0.2, 0.25) is 0 Å². The summed E-state index contributed by atoms with van der Waals surface area (Å²) in [6, 6.07) is 0. The van der Waals surface area contributed by atoms with E-state index in [1.165, 1.54) is 0 Å². The fraction of sp³-hybridized carbons (Fsp3) is 1.00. The second-order valence-electron chi connectivity index (χ2n) is 2.45. The van der Waals surface area contributed by atoms with E-state index in [0.717, 1.165) is 0 Å². The van der Waals surface area contributed by atoms with Crippen molar-refractivity contribution in [1.82, 2.24) is 0 Å². The van der Waals surface area contributed by atoms with Gasteiger partial charge in [0.15, 0.2) is 0 Å². The lowest BCUT2D eigenvalue weighted by molar-refractivity contribution is 0.0173. The van der Waals surface area contributed by atoms with Crippen LogP contribution in [0.4, 0.5) is 0 Å². The topological polar surface area (TPSA) is 125 Å². The van der Waals surface area contributed by atoms with E-state index in [1.54, 1.807) is 0 Å². The van der Waals surface area contributed by atoms with Gasteiger partial charge in [0, 0.05) is 16.4 Å². The minimum Gasteiger partial charge on any atom is -0.379 e. The molecule has 0 rings (SSSR count). The average molecular weight is 230 g/mol. The van der Waals surface area contributed by atoms with Gasteiger partial charge in [-0.1, -0.05) is 10.2 Å². The Balaban J connectivity index is 2.98. The Morgan fingerprint density at radius 3 is 1.94 bits per heavy atom. The fourth-order valence-electron chi connectivity index (χ4n) is 0.721. The summed E-state index contributed by atoms with van der Waals surface area (Å²) in [5.74, 6) is 0. The van der Waals surface area contributed by atoms with E-state index < -0.39 is 0 Å². The molecule has 0 aromatic carbocycles. The molecule has 0 saturated heterocycles. The van der Waals surface area contributed by atoms with E-state index in [2.05, 4.69) is 20.1 Å². The summed E-state index contributed by atoms with van der Waals surface area (Å²) >= 11 is 0. The van der Waals surface area contributed by atoms with Crippen LogP contribution in [0.1, 0.15) is 0 Å². The van der Waals surface area contributed by atoms with Crippen LogP contribution in [0.5, 0.6) is 0 Å². The Morgan fingerprint density at radius 2 is 1.31 bits per heavy atom. The highest BCUT2D eigenvalue weighted by molar-refractivity contribution is 4.44. The van der Waals surface area contributed by atoms with Crippen molar-refractivity contribution in [3.05, 3.63) is 20.9 Å². The van der Waals surface area contributed by atoms with Crippen molar-refractivity contribution in [1.29, 1.82) is 0 Å². The minimum absolute atomic E-state index is 0.0164. The van der Waals surface area contributed by atoms with E-state index >= 15 is 0 Å². The molecular weight excluding hydrogens is 216 g/mol. The number of hydrogen-bond acceptors (Lipinski definition) is 5. The van der Waals surface area contributed by atoms with Crippen molar-refractivity contribution < 1.29 is 14.2 Å². The Bertz CT molecular complexity index is 223. The zero-order chi connectivity index (χ0) is 11.9. The van der Waals surface area contributed by atoms with Crippen molar-refractivity contribution in [3.63, 3.8) is 0 Å². The Kier molecular flexibility index (Phi) is 12.2. The molecule has 0 aliphatic carbocycles. The maximum atomic E-state index is 7.96. The lowest BCUT2D eigenvalue weighted by atomic mass is 10.7. The molecule has 0 heterocycles. The predicted molar refractivity (Wildman–Crippen MR) is 55.6 cm³/mol. The summed E-state index contributed by atoms with van der Waals surface area (Å²) in [4.78, 5) is 5.10. The van der Waals surface area contributed by atoms with Crippen molar-refractivity contribution in [3.8, 4) is 0 Å². The van der Waals surface area contributed by atoms with Gasteiger partial charge in [0.2, 0.25) is 0 Å². The van der Waals surface area contributed by atoms with Crippen LogP contribution in [0, 0.1) is 0 Å². The fourth-order valence-corrected chi connectivity index (χ4v) is 0.721. The summed E-state index contributed by atoms with van der Waals surface area (Å²) in [5, 5.41) is 6.49. The molecule has 0 saturated carbocycles. The van der Waals surface area contributed by atoms with Crippen molar-refractivity contribution in [2.45, 2.75) is 0 Å². The van der Waals surface area contributed by atoms with Crippen LogP contribution in [-0.4, -0.2) is 46.3 Å². The molecule has 0 radical (unpaired) electrons. The van der Waals surface area contributed by atoms with Gasteiger partial charge < -0.3 is 14.2 Å². The lowest BCUT2D eigenvalue weighted by Gasteiger charge is -2.04. The number of azide groups is 2. The van der Waals surface area contributed by atoms with Crippen LogP contribution < -0.4 is 0 Å². The van der Waals surface area contributed by atoms with Gasteiger partial charge in [0.1, 0.15) is 6.73 Å². The smallest absolute Gasteiger partial charge is 0.126 e. The Morgan fingerprint density at radius 1 is 0.750 bits per heavy atom. The molecule has 9 heteroatoms. The average Bonchev–Trinajstić information content (AvgIpc) is 2.31. The summed E-state index contributed by atoms with van der Waals surface area (Å²) in [6.07, 6.45) is 0. The molecule has 0 bridgehead atoms.